The second kappa shape index (κ2) is 6.56. The SMILES string of the molecule is CCCNCc1cccnc1Sc1nccn1C. The topological polar surface area (TPSA) is 42.7 Å². The number of pyridine rings is 1. The molecule has 1 N–H and O–H groups in total. The molecule has 0 fully saturated rings. The van der Waals surface area contributed by atoms with Gasteiger partial charge >= 0.3 is 0 Å². The van der Waals surface area contributed by atoms with Gasteiger partial charge in [-0.1, -0.05) is 13.0 Å². The Morgan fingerprint density at radius 2 is 2.22 bits per heavy atom. The lowest BCUT2D eigenvalue weighted by Crippen LogP contribution is -2.14. The first kappa shape index (κ1) is 13.1. The van der Waals surface area contributed by atoms with Gasteiger partial charge in [0.25, 0.3) is 0 Å². The van der Waals surface area contributed by atoms with E-state index in [0.29, 0.717) is 0 Å². The van der Waals surface area contributed by atoms with E-state index in [-0.39, 0.29) is 0 Å². The van der Waals surface area contributed by atoms with E-state index in [2.05, 4.69) is 28.3 Å². The molecule has 5 heteroatoms. The third-order valence-corrected chi connectivity index (χ3v) is 3.69. The summed E-state index contributed by atoms with van der Waals surface area (Å²) in [7, 11) is 1.99. The van der Waals surface area contributed by atoms with E-state index < -0.39 is 0 Å². The Morgan fingerprint density at radius 1 is 1.33 bits per heavy atom. The van der Waals surface area contributed by atoms with E-state index in [1.807, 2.05) is 30.1 Å². The lowest BCUT2D eigenvalue weighted by atomic mass is 10.3. The van der Waals surface area contributed by atoms with Crippen molar-refractivity contribution in [1.82, 2.24) is 19.9 Å². The quantitative estimate of drug-likeness (QED) is 0.812. The number of hydrogen-bond donors (Lipinski definition) is 1. The Labute approximate surface area is 112 Å². The van der Waals surface area contributed by atoms with Gasteiger partial charge in [0, 0.05) is 32.2 Å². The Bertz CT molecular complexity index is 495. The number of hydrogen-bond acceptors (Lipinski definition) is 4. The molecule has 96 valence electrons. The molecular formula is C13H18N4S. The van der Waals surface area contributed by atoms with Crippen molar-refractivity contribution in [3.05, 3.63) is 36.3 Å². The maximum atomic E-state index is 4.44. The molecule has 0 aliphatic carbocycles. The van der Waals surface area contributed by atoms with Crippen molar-refractivity contribution in [2.24, 2.45) is 7.05 Å². The molecule has 0 unspecified atom stereocenters. The van der Waals surface area contributed by atoms with Crippen molar-refractivity contribution in [3.8, 4) is 0 Å². The van der Waals surface area contributed by atoms with Gasteiger partial charge in [-0.05, 0) is 36.4 Å². The third kappa shape index (κ3) is 3.34. The average molecular weight is 262 g/mol. The lowest BCUT2D eigenvalue weighted by Gasteiger charge is -2.08. The van der Waals surface area contributed by atoms with Crippen molar-refractivity contribution in [3.63, 3.8) is 0 Å². The molecule has 0 spiro atoms. The van der Waals surface area contributed by atoms with Gasteiger partial charge in [0.05, 0.1) is 0 Å². The van der Waals surface area contributed by atoms with Gasteiger partial charge in [0.15, 0.2) is 5.16 Å². The van der Waals surface area contributed by atoms with Crippen LogP contribution in [-0.4, -0.2) is 21.1 Å². The summed E-state index contributed by atoms with van der Waals surface area (Å²) >= 11 is 1.61. The number of nitrogens with zero attached hydrogens (tertiary/aromatic N) is 3. The minimum absolute atomic E-state index is 0.856. The molecule has 2 rings (SSSR count). The Kier molecular flexibility index (Phi) is 4.78. The van der Waals surface area contributed by atoms with Crippen LogP contribution in [0.4, 0.5) is 0 Å². The van der Waals surface area contributed by atoms with E-state index in [4.69, 9.17) is 0 Å². The highest BCUT2D eigenvalue weighted by molar-refractivity contribution is 7.99. The zero-order chi connectivity index (χ0) is 12.8. The molecule has 0 amide bonds. The second-order valence-corrected chi connectivity index (χ2v) is 5.02. The summed E-state index contributed by atoms with van der Waals surface area (Å²) in [5.74, 6) is 0. The monoisotopic (exact) mass is 262 g/mol. The van der Waals surface area contributed by atoms with E-state index in [1.54, 1.807) is 18.0 Å². The van der Waals surface area contributed by atoms with Crippen LogP contribution in [0.25, 0.3) is 0 Å². The summed E-state index contributed by atoms with van der Waals surface area (Å²) in [4.78, 5) is 8.76. The van der Waals surface area contributed by atoms with E-state index in [9.17, 15) is 0 Å². The highest BCUT2D eigenvalue weighted by Crippen LogP contribution is 2.26. The fourth-order valence-corrected chi connectivity index (χ4v) is 2.46. The minimum Gasteiger partial charge on any atom is -0.329 e. The molecule has 4 nitrogen and oxygen atoms in total. The number of nitrogens with one attached hydrogen (secondary N) is 1. The van der Waals surface area contributed by atoms with E-state index in [1.165, 1.54) is 5.56 Å². The molecule has 0 atom stereocenters. The molecular weight excluding hydrogens is 244 g/mol. The molecule has 0 saturated carbocycles. The maximum Gasteiger partial charge on any atom is 0.174 e. The largest absolute Gasteiger partial charge is 0.329 e. The summed E-state index contributed by atoms with van der Waals surface area (Å²) < 4.78 is 2.00. The van der Waals surface area contributed by atoms with Crippen LogP contribution in [0.2, 0.25) is 0 Å². The molecule has 2 aromatic rings. The van der Waals surface area contributed by atoms with Crippen LogP contribution in [0, 0.1) is 0 Å². The van der Waals surface area contributed by atoms with Crippen LogP contribution in [0.3, 0.4) is 0 Å². The van der Waals surface area contributed by atoms with Crippen molar-refractivity contribution in [2.75, 3.05) is 6.54 Å². The summed E-state index contributed by atoms with van der Waals surface area (Å²) in [6.45, 7) is 4.05. The molecule has 0 radical (unpaired) electrons. The van der Waals surface area contributed by atoms with Crippen LogP contribution < -0.4 is 5.32 Å². The first-order chi connectivity index (χ1) is 8.81. The first-order valence-electron chi connectivity index (χ1n) is 6.11. The molecule has 0 saturated heterocycles. The summed E-state index contributed by atoms with van der Waals surface area (Å²) in [5, 5.41) is 5.39. The van der Waals surface area contributed by atoms with Crippen LogP contribution in [0.5, 0.6) is 0 Å². The van der Waals surface area contributed by atoms with Crippen LogP contribution in [-0.2, 0) is 13.6 Å². The van der Waals surface area contributed by atoms with Crippen LogP contribution in [0.1, 0.15) is 18.9 Å². The smallest absolute Gasteiger partial charge is 0.174 e. The normalized spacial score (nSPS) is 10.8. The highest BCUT2D eigenvalue weighted by Gasteiger charge is 2.08. The lowest BCUT2D eigenvalue weighted by molar-refractivity contribution is 0.664. The number of imidazole rings is 1. The van der Waals surface area contributed by atoms with Gasteiger partial charge in [-0.25, -0.2) is 9.97 Å². The zero-order valence-electron chi connectivity index (χ0n) is 10.8. The van der Waals surface area contributed by atoms with E-state index in [0.717, 1.165) is 29.7 Å². The van der Waals surface area contributed by atoms with Crippen molar-refractivity contribution >= 4 is 11.8 Å². The molecule has 0 aliphatic heterocycles. The Morgan fingerprint density at radius 3 is 2.94 bits per heavy atom. The third-order valence-electron chi connectivity index (χ3n) is 2.56. The fraction of sp³-hybridized carbons (Fsp3) is 0.385. The van der Waals surface area contributed by atoms with Gasteiger partial charge in [-0.2, -0.15) is 0 Å². The minimum atomic E-state index is 0.856. The average Bonchev–Trinajstić information content (AvgIpc) is 2.78. The van der Waals surface area contributed by atoms with Gasteiger partial charge in [-0.3, -0.25) is 0 Å². The molecule has 2 heterocycles. The highest BCUT2D eigenvalue weighted by atomic mass is 32.2. The van der Waals surface area contributed by atoms with Crippen LogP contribution in [0.15, 0.2) is 40.9 Å². The summed E-state index contributed by atoms with van der Waals surface area (Å²) in [6, 6.07) is 4.09. The van der Waals surface area contributed by atoms with Crippen LogP contribution >= 0.6 is 11.8 Å². The predicted molar refractivity (Wildman–Crippen MR) is 73.6 cm³/mol. The Hall–Kier alpha value is -1.33. The molecule has 0 bridgehead atoms. The molecule has 2 aromatic heterocycles. The summed E-state index contributed by atoms with van der Waals surface area (Å²) in [6.07, 6.45) is 6.72. The number of aryl methyl sites for hydroxylation is 1. The first-order valence-corrected chi connectivity index (χ1v) is 6.92. The van der Waals surface area contributed by atoms with E-state index >= 15 is 0 Å². The predicted octanol–water partition coefficient (Wildman–Crippen LogP) is 2.47. The van der Waals surface area contributed by atoms with Gasteiger partial charge in [0.1, 0.15) is 5.03 Å². The van der Waals surface area contributed by atoms with Crippen molar-refractivity contribution in [2.45, 2.75) is 30.1 Å². The fourth-order valence-electron chi connectivity index (χ4n) is 1.59. The second-order valence-electron chi connectivity index (χ2n) is 4.07. The van der Waals surface area contributed by atoms with Gasteiger partial charge in [-0.15, -0.1) is 0 Å². The van der Waals surface area contributed by atoms with Gasteiger partial charge in [0.2, 0.25) is 0 Å². The molecule has 0 aliphatic rings. The Balaban J connectivity index is 2.10. The molecule has 0 aromatic carbocycles. The molecule has 18 heavy (non-hydrogen) atoms. The zero-order valence-corrected chi connectivity index (χ0v) is 11.6. The van der Waals surface area contributed by atoms with Gasteiger partial charge < -0.3 is 9.88 Å². The summed E-state index contributed by atoms with van der Waals surface area (Å²) in [5.41, 5.74) is 1.22. The van der Waals surface area contributed by atoms with Crippen molar-refractivity contribution < 1.29 is 0 Å². The van der Waals surface area contributed by atoms with Crippen molar-refractivity contribution in [1.29, 1.82) is 0 Å². The standard InChI is InChI=1S/C13H18N4S/c1-3-6-14-10-11-5-4-7-15-12(11)18-13-16-8-9-17(13)2/h4-5,7-9,14H,3,6,10H2,1-2H3. The maximum absolute atomic E-state index is 4.44. The number of aromatic nitrogens is 3. The number of rotatable bonds is 6.